The van der Waals surface area contributed by atoms with E-state index in [9.17, 15) is 4.79 Å². The molecule has 1 saturated heterocycles. The molecule has 0 aromatic rings. The number of unbranched alkanes of at least 4 members (excludes halogenated alkanes) is 6. The normalized spacial score (nSPS) is 25.6. The number of rotatable bonds is 10. The Morgan fingerprint density at radius 1 is 1.05 bits per heavy atom. The second kappa shape index (κ2) is 8.01. The van der Waals surface area contributed by atoms with Gasteiger partial charge in [-0.25, -0.2) is 0 Å². The van der Waals surface area contributed by atoms with E-state index in [1.165, 1.54) is 38.5 Å². The first-order valence-electron chi connectivity index (χ1n) is 7.81. The van der Waals surface area contributed by atoms with Gasteiger partial charge in [-0.2, -0.15) is 0 Å². The molecule has 1 rings (SSSR count). The highest BCUT2D eigenvalue weighted by Gasteiger charge is 2.44. The van der Waals surface area contributed by atoms with Crippen molar-refractivity contribution in [2.75, 3.05) is 6.61 Å². The van der Waals surface area contributed by atoms with Crippen LogP contribution in [0, 0.1) is 0 Å². The SMILES string of the molecule is CCCCCCCCC[C@]1(CC=O)COC(C)(C)O1. The van der Waals surface area contributed by atoms with Gasteiger partial charge < -0.3 is 14.3 Å². The summed E-state index contributed by atoms with van der Waals surface area (Å²) in [6.07, 6.45) is 11.3. The second-order valence-electron chi connectivity index (χ2n) is 6.22. The van der Waals surface area contributed by atoms with Gasteiger partial charge in [0.05, 0.1) is 6.61 Å². The van der Waals surface area contributed by atoms with Crippen molar-refractivity contribution in [3.63, 3.8) is 0 Å². The molecular weight excluding hydrogens is 240 g/mol. The van der Waals surface area contributed by atoms with Gasteiger partial charge in [-0.05, 0) is 20.3 Å². The molecule has 1 fully saturated rings. The Kier molecular flexibility index (Phi) is 7.01. The molecule has 0 bridgehead atoms. The molecule has 1 aliphatic rings. The maximum atomic E-state index is 10.8. The zero-order chi connectivity index (χ0) is 14.2. The number of aldehydes is 1. The molecule has 1 aliphatic heterocycles. The molecule has 0 aromatic heterocycles. The van der Waals surface area contributed by atoms with Gasteiger partial charge in [-0.15, -0.1) is 0 Å². The quantitative estimate of drug-likeness (QED) is 0.440. The lowest BCUT2D eigenvalue weighted by Crippen LogP contribution is -2.34. The molecule has 1 atom stereocenters. The lowest BCUT2D eigenvalue weighted by molar-refractivity contribution is -0.164. The van der Waals surface area contributed by atoms with E-state index in [0.29, 0.717) is 13.0 Å². The minimum absolute atomic E-state index is 0.366. The average molecular weight is 270 g/mol. The van der Waals surface area contributed by atoms with Crippen LogP contribution in [-0.2, 0) is 14.3 Å². The Morgan fingerprint density at radius 2 is 1.68 bits per heavy atom. The summed E-state index contributed by atoms with van der Waals surface area (Å²) in [6.45, 7) is 6.63. The third-order valence-electron chi connectivity index (χ3n) is 3.84. The van der Waals surface area contributed by atoms with Gasteiger partial charge in [0.25, 0.3) is 0 Å². The third-order valence-corrected chi connectivity index (χ3v) is 3.84. The minimum Gasteiger partial charge on any atom is -0.347 e. The average Bonchev–Trinajstić information content (AvgIpc) is 2.65. The van der Waals surface area contributed by atoms with Crippen molar-refractivity contribution in [3.05, 3.63) is 0 Å². The summed E-state index contributed by atoms with van der Waals surface area (Å²) in [7, 11) is 0. The number of hydrogen-bond acceptors (Lipinski definition) is 3. The Bertz CT molecular complexity index is 263. The summed E-state index contributed by atoms with van der Waals surface area (Å²) >= 11 is 0. The molecule has 3 heteroatoms. The topological polar surface area (TPSA) is 35.5 Å². The van der Waals surface area contributed by atoms with E-state index in [2.05, 4.69) is 6.92 Å². The largest absolute Gasteiger partial charge is 0.347 e. The van der Waals surface area contributed by atoms with Crippen LogP contribution in [0.25, 0.3) is 0 Å². The summed E-state index contributed by atoms with van der Waals surface area (Å²) in [5.74, 6) is -0.538. The number of carbonyl (C=O) groups excluding carboxylic acids is 1. The summed E-state index contributed by atoms with van der Waals surface area (Å²) in [5.41, 5.74) is -0.366. The van der Waals surface area contributed by atoms with Gasteiger partial charge in [0.2, 0.25) is 0 Å². The molecule has 0 unspecified atom stereocenters. The van der Waals surface area contributed by atoms with Crippen molar-refractivity contribution >= 4 is 6.29 Å². The van der Waals surface area contributed by atoms with Crippen LogP contribution in [0.15, 0.2) is 0 Å². The molecule has 0 amide bonds. The molecule has 0 spiro atoms. The first-order valence-corrected chi connectivity index (χ1v) is 7.81. The van der Waals surface area contributed by atoms with E-state index >= 15 is 0 Å². The highest BCUT2D eigenvalue weighted by molar-refractivity contribution is 5.51. The summed E-state index contributed by atoms with van der Waals surface area (Å²) in [4.78, 5) is 10.8. The van der Waals surface area contributed by atoms with Gasteiger partial charge in [-0.1, -0.05) is 51.9 Å². The van der Waals surface area contributed by atoms with Crippen LogP contribution in [0.4, 0.5) is 0 Å². The van der Waals surface area contributed by atoms with Gasteiger partial charge in [0.15, 0.2) is 5.79 Å². The van der Waals surface area contributed by atoms with Crippen molar-refractivity contribution in [1.82, 2.24) is 0 Å². The van der Waals surface area contributed by atoms with Gasteiger partial charge in [0, 0.05) is 6.42 Å². The Labute approximate surface area is 118 Å². The fraction of sp³-hybridized carbons (Fsp3) is 0.938. The molecule has 0 aromatic carbocycles. The lowest BCUT2D eigenvalue weighted by Gasteiger charge is -2.27. The second-order valence-corrected chi connectivity index (χ2v) is 6.22. The molecule has 19 heavy (non-hydrogen) atoms. The summed E-state index contributed by atoms with van der Waals surface area (Å²) < 4.78 is 11.6. The standard InChI is InChI=1S/C16H30O3/c1-4-5-6-7-8-9-10-11-16(12-13-17)14-18-15(2,3)19-16/h13H,4-12,14H2,1-3H3/t16-/m0/s1. The Morgan fingerprint density at radius 3 is 2.21 bits per heavy atom. The fourth-order valence-electron chi connectivity index (χ4n) is 2.77. The molecule has 3 nitrogen and oxygen atoms in total. The van der Waals surface area contributed by atoms with Crippen molar-refractivity contribution in [3.8, 4) is 0 Å². The monoisotopic (exact) mass is 270 g/mol. The first kappa shape index (κ1) is 16.6. The van der Waals surface area contributed by atoms with Crippen molar-refractivity contribution in [2.24, 2.45) is 0 Å². The lowest BCUT2D eigenvalue weighted by atomic mass is 9.93. The third kappa shape index (κ3) is 6.05. The van der Waals surface area contributed by atoms with Crippen molar-refractivity contribution in [2.45, 2.75) is 89.9 Å². The molecule has 0 N–H and O–H groups in total. The highest BCUT2D eigenvalue weighted by Crippen LogP contribution is 2.36. The maximum Gasteiger partial charge on any atom is 0.163 e. The number of ether oxygens (including phenoxy) is 2. The van der Waals surface area contributed by atoms with Crippen LogP contribution in [0.2, 0.25) is 0 Å². The summed E-state index contributed by atoms with van der Waals surface area (Å²) in [6, 6.07) is 0. The van der Waals surface area contributed by atoms with E-state index < -0.39 is 5.79 Å². The Balaban J connectivity index is 2.22. The molecule has 0 saturated carbocycles. The Hall–Kier alpha value is -0.410. The fourth-order valence-corrected chi connectivity index (χ4v) is 2.77. The number of hydrogen-bond donors (Lipinski definition) is 0. The van der Waals surface area contributed by atoms with Crippen molar-refractivity contribution < 1.29 is 14.3 Å². The van der Waals surface area contributed by atoms with Gasteiger partial charge in [-0.3, -0.25) is 0 Å². The van der Waals surface area contributed by atoms with E-state index in [1.807, 2.05) is 13.8 Å². The predicted octanol–water partition coefficient (Wildman–Crippen LogP) is 4.24. The van der Waals surface area contributed by atoms with Crippen LogP contribution in [0.1, 0.15) is 78.6 Å². The van der Waals surface area contributed by atoms with Crippen LogP contribution < -0.4 is 0 Å². The minimum atomic E-state index is -0.538. The zero-order valence-electron chi connectivity index (χ0n) is 12.9. The van der Waals surface area contributed by atoms with Crippen molar-refractivity contribution in [1.29, 1.82) is 0 Å². The van der Waals surface area contributed by atoms with Crippen LogP contribution in [0.5, 0.6) is 0 Å². The molecular formula is C16H30O3. The van der Waals surface area contributed by atoms with Crippen LogP contribution >= 0.6 is 0 Å². The maximum absolute atomic E-state index is 10.8. The van der Waals surface area contributed by atoms with E-state index in [-0.39, 0.29) is 5.60 Å². The zero-order valence-corrected chi connectivity index (χ0v) is 12.9. The van der Waals surface area contributed by atoms with Gasteiger partial charge >= 0.3 is 0 Å². The predicted molar refractivity (Wildman–Crippen MR) is 77.1 cm³/mol. The van der Waals surface area contributed by atoms with Crippen LogP contribution in [-0.4, -0.2) is 24.3 Å². The molecule has 0 aliphatic carbocycles. The molecule has 0 radical (unpaired) electrons. The van der Waals surface area contributed by atoms with E-state index in [0.717, 1.165) is 19.1 Å². The molecule has 1 heterocycles. The summed E-state index contributed by atoms with van der Waals surface area (Å²) in [5, 5.41) is 0. The highest BCUT2D eigenvalue weighted by atomic mass is 16.8. The molecule has 112 valence electrons. The van der Waals surface area contributed by atoms with E-state index in [1.54, 1.807) is 0 Å². The first-order chi connectivity index (χ1) is 9.04. The smallest absolute Gasteiger partial charge is 0.163 e. The van der Waals surface area contributed by atoms with E-state index in [4.69, 9.17) is 9.47 Å². The van der Waals surface area contributed by atoms with Crippen LogP contribution in [0.3, 0.4) is 0 Å². The number of carbonyl (C=O) groups is 1. The van der Waals surface area contributed by atoms with Gasteiger partial charge in [0.1, 0.15) is 11.9 Å².